The normalized spacial score (nSPS) is 17.5. The molecule has 13 heavy (non-hydrogen) atoms. The molecule has 0 unspecified atom stereocenters. The maximum absolute atomic E-state index is 12.6. The van der Waals surface area contributed by atoms with Crippen LogP contribution in [-0.4, -0.2) is 6.29 Å². The summed E-state index contributed by atoms with van der Waals surface area (Å²) in [4.78, 5) is 0. The molecule has 1 aliphatic heterocycles. The molecule has 1 aliphatic rings. The number of hydrogen-bond acceptors (Lipinski definition) is 3. The Bertz CT molecular complexity index is 365. The zero-order chi connectivity index (χ0) is 9.64. The van der Waals surface area contributed by atoms with Crippen LogP contribution in [0.1, 0.15) is 5.56 Å². The van der Waals surface area contributed by atoms with Gasteiger partial charge in [-0.3, -0.25) is 0 Å². The second-order valence-corrected chi connectivity index (χ2v) is 2.77. The highest BCUT2D eigenvalue weighted by Gasteiger charge is 2.44. The molecule has 1 aromatic rings. The van der Waals surface area contributed by atoms with Gasteiger partial charge in [0.1, 0.15) is 0 Å². The Balaban J connectivity index is 2.53. The third-order valence-electron chi connectivity index (χ3n) is 1.86. The number of ether oxygens (including phenoxy) is 2. The summed E-state index contributed by atoms with van der Waals surface area (Å²) in [7, 11) is 0. The second-order valence-electron chi connectivity index (χ2n) is 2.77. The Hall–Kier alpha value is -1.52. The monoisotopic (exact) mass is 187 g/mol. The zero-order valence-corrected chi connectivity index (χ0v) is 6.80. The van der Waals surface area contributed by atoms with E-state index in [0.29, 0.717) is 11.3 Å². The van der Waals surface area contributed by atoms with Crippen molar-refractivity contribution in [3.63, 3.8) is 0 Å². The average molecular weight is 187 g/mol. The summed E-state index contributed by atoms with van der Waals surface area (Å²) in [5.74, 6) is 0.0432. The standard InChI is InChI=1S/C8H7F2NO2/c1-4-5(11)2-3-6-7(4)13-8(9,10)12-6/h2-3H,11H2,1H3. The van der Waals surface area contributed by atoms with Crippen LogP contribution in [-0.2, 0) is 0 Å². The molecule has 0 fully saturated rings. The number of benzene rings is 1. The molecule has 0 amide bonds. The van der Waals surface area contributed by atoms with Gasteiger partial charge in [0.15, 0.2) is 11.5 Å². The molecule has 0 bridgehead atoms. The molecule has 1 aromatic carbocycles. The number of nitrogens with two attached hydrogens (primary N) is 1. The van der Waals surface area contributed by atoms with Crippen molar-refractivity contribution in [2.45, 2.75) is 13.2 Å². The van der Waals surface area contributed by atoms with Crippen LogP contribution in [0.2, 0.25) is 0 Å². The maximum Gasteiger partial charge on any atom is 0.586 e. The largest absolute Gasteiger partial charge is 0.586 e. The Morgan fingerprint density at radius 1 is 1.31 bits per heavy atom. The van der Waals surface area contributed by atoms with Crippen molar-refractivity contribution in [1.29, 1.82) is 0 Å². The fourth-order valence-electron chi connectivity index (χ4n) is 1.16. The van der Waals surface area contributed by atoms with Gasteiger partial charge in [-0.1, -0.05) is 0 Å². The predicted molar refractivity (Wildman–Crippen MR) is 41.8 cm³/mol. The van der Waals surface area contributed by atoms with E-state index in [1.54, 1.807) is 6.92 Å². The summed E-state index contributed by atoms with van der Waals surface area (Å²) in [6, 6.07) is 2.86. The second kappa shape index (κ2) is 2.25. The summed E-state index contributed by atoms with van der Waals surface area (Å²) in [5, 5.41) is 0. The van der Waals surface area contributed by atoms with Gasteiger partial charge in [0.25, 0.3) is 0 Å². The van der Waals surface area contributed by atoms with Crippen molar-refractivity contribution in [1.82, 2.24) is 0 Å². The number of hydrogen-bond donors (Lipinski definition) is 1. The van der Waals surface area contributed by atoms with E-state index in [0.717, 1.165) is 0 Å². The average Bonchev–Trinajstić information content (AvgIpc) is 2.34. The van der Waals surface area contributed by atoms with E-state index < -0.39 is 6.29 Å². The van der Waals surface area contributed by atoms with Gasteiger partial charge >= 0.3 is 6.29 Å². The Morgan fingerprint density at radius 2 is 2.00 bits per heavy atom. The number of rotatable bonds is 0. The molecule has 0 atom stereocenters. The summed E-state index contributed by atoms with van der Waals surface area (Å²) in [6.07, 6.45) is -3.57. The quantitative estimate of drug-likeness (QED) is 0.631. The molecule has 5 heteroatoms. The third-order valence-corrected chi connectivity index (χ3v) is 1.86. The summed E-state index contributed by atoms with van der Waals surface area (Å²) in [5.41, 5.74) is 6.37. The Labute approximate surface area is 73.1 Å². The van der Waals surface area contributed by atoms with E-state index in [4.69, 9.17) is 5.73 Å². The van der Waals surface area contributed by atoms with Crippen molar-refractivity contribution < 1.29 is 18.3 Å². The molecule has 1 heterocycles. The van der Waals surface area contributed by atoms with Crippen LogP contribution >= 0.6 is 0 Å². The van der Waals surface area contributed by atoms with Crippen LogP contribution in [0.5, 0.6) is 11.5 Å². The Kier molecular flexibility index (Phi) is 1.40. The number of anilines is 1. The van der Waals surface area contributed by atoms with E-state index in [1.165, 1.54) is 12.1 Å². The van der Waals surface area contributed by atoms with Crippen molar-refractivity contribution in [2.24, 2.45) is 0 Å². The highest BCUT2D eigenvalue weighted by molar-refractivity contribution is 5.60. The van der Waals surface area contributed by atoms with Gasteiger partial charge in [-0.05, 0) is 19.1 Å². The number of alkyl halides is 2. The summed E-state index contributed by atoms with van der Waals surface area (Å²) in [6.45, 7) is 1.60. The number of nitrogen functional groups attached to an aromatic ring is 1. The number of fused-ring (bicyclic) bond motifs is 1. The van der Waals surface area contributed by atoms with Crippen molar-refractivity contribution in [3.8, 4) is 11.5 Å². The van der Waals surface area contributed by atoms with E-state index in [1.807, 2.05) is 0 Å². The lowest BCUT2D eigenvalue weighted by molar-refractivity contribution is -0.286. The first kappa shape index (κ1) is 8.10. The van der Waals surface area contributed by atoms with Crippen LogP contribution in [0.15, 0.2) is 12.1 Å². The van der Waals surface area contributed by atoms with Gasteiger partial charge in [0.05, 0.1) is 0 Å². The molecule has 0 saturated carbocycles. The topological polar surface area (TPSA) is 44.5 Å². The first-order valence-corrected chi connectivity index (χ1v) is 3.64. The van der Waals surface area contributed by atoms with Gasteiger partial charge in [0, 0.05) is 11.3 Å². The smallest absolute Gasteiger partial charge is 0.398 e. The van der Waals surface area contributed by atoms with Gasteiger partial charge < -0.3 is 15.2 Å². The lowest BCUT2D eigenvalue weighted by atomic mass is 10.2. The SMILES string of the molecule is Cc1c(N)ccc2c1OC(F)(F)O2. The minimum atomic E-state index is -3.57. The first-order valence-electron chi connectivity index (χ1n) is 3.64. The molecule has 0 aromatic heterocycles. The minimum absolute atomic E-state index is 0.0185. The molecule has 0 spiro atoms. The van der Waals surface area contributed by atoms with Crippen molar-refractivity contribution >= 4 is 5.69 Å². The summed E-state index contributed by atoms with van der Waals surface area (Å²) >= 11 is 0. The van der Waals surface area contributed by atoms with Crippen LogP contribution in [0.3, 0.4) is 0 Å². The third kappa shape index (κ3) is 1.16. The molecular weight excluding hydrogens is 180 g/mol. The van der Waals surface area contributed by atoms with Crippen LogP contribution in [0, 0.1) is 6.92 Å². The highest BCUT2D eigenvalue weighted by atomic mass is 19.3. The molecule has 0 radical (unpaired) electrons. The van der Waals surface area contributed by atoms with Crippen LogP contribution in [0.25, 0.3) is 0 Å². The highest BCUT2D eigenvalue weighted by Crippen LogP contribution is 2.44. The lowest BCUT2D eigenvalue weighted by Gasteiger charge is -2.05. The van der Waals surface area contributed by atoms with Gasteiger partial charge in [-0.2, -0.15) is 0 Å². The molecule has 0 saturated heterocycles. The minimum Gasteiger partial charge on any atom is -0.398 e. The van der Waals surface area contributed by atoms with Crippen molar-refractivity contribution in [3.05, 3.63) is 17.7 Å². The van der Waals surface area contributed by atoms with E-state index in [2.05, 4.69) is 9.47 Å². The fraction of sp³-hybridized carbons (Fsp3) is 0.250. The molecule has 70 valence electrons. The Morgan fingerprint density at radius 3 is 2.69 bits per heavy atom. The van der Waals surface area contributed by atoms with Gasteiger partial charge in [-0.25, -0.2) is 0 Å². The number of halogens is 2. The van der Waals surface area contributed by atoms with Gasteiger partial charge in [-0.15, -0.1) is 8.78 Å². The molecule has 2 N–H and O–H groups in total. The molecule has 3 nitrogen and oxygen atoms in total. The van der Waals surface area contributed by atoms with Crippen LogP contribution in [0.4, 0.5) is 14.5 Å². The predicted octanol–water partition coefficient (Wildman–Crippen LogP) is 1.90. The van der Waals surface area contributed by atoms with E-state index in [9.17, 15) is 8.78 Å². The van der Waals surface area contributed by atoms with E-state index >= 15 is 0 Å². The van der Waals surface area contributed by atoms with Gasteiger partial charge in [0.2, 0.25) is 0 Å². The lowest BCUT2D eigenvalue weighted by Crippen LogP contribution is -2.26. The zero-order valence-electron chi connectivity index (χ0n) is 6.80. The summed E-state index contributed by atoms with van der Waals surface area (Å²) < 4.78 is 33.6. The first-order chi connectivity index (χ1) is 5.99. The molecular formula is C8H7F2NO2. The van der Waals surface area contributed by atoms with E-state index in [-0.39, 0.29) is 11.5 Å². The molecule has 0 aliphatic carbocycles. The van der Waals surface area contributed by atoms with Crippen molar-refractivity contribution in [2.75, 3.05) is 5.73 Å². The maximum atomic E-state index is 12.6. The fourth-order valence-corrected chi connectivity index (χ4v) is 1.16. The molecule has 2 rings (SSSR count). The van der Waals surface area contributed by atoms with Crippen LogP contribution < -0.4 is 15.2 Å².